The van der Waals surface area contributed by atoms with Gasteiger partial charge in [0.1, 0.15) is 6.29 Å². The molecule has 0 aromatic heterocycles. The van der Waals surface area contributed by atoms with E-state index in [0.717, 1.165) is 19.1 Å². The van der Waals surface area contributed by atoms with Crippen LogP contribution in [0.4, 0.5) is 0 Å². The van der Waals surface area contributed by atoms with Crippen LogP contribution in [0, 0.1) is 0 Å². The number of hydrogen-bond acceptors (Lipinski definition) is 1. The standard InChI is InChI=1S/C15H20O/c16-11-5-4-6-13-9-10-14-7-2-1-3-8-15(14)12-13/h9-12H,1-8H2. The number of hydrogen-bond donors (Lipinski definition) is 0. The van der Waals surface area contributed by atoms with Crippen molar-refractivity contribution in [1.29, 1.82) is 0 Å². The van der Waals surface area contributed by atoms with Crippen LogP contribution in [0.25, 0.3) is 0 Å². The van der Waals surface area contributed by atoms with Gasteiger partial charge in [0.25, 0.3) is 0 Å². The smallest absolute Gasteiger partial charge is 0.120 e. The van der Waals surface area contributed by atoms with Crippen LogP contribution in [0.2, 0.25) is 0 Å². The molecule has 0 saturated carbocycles. The van der Waals surface area contributed by atoms with Gasteiger partial charge in [0.2, 0.25) is 0 Å². The van der Waals surface area contributed by atoms with Gasteiger partial charge in [-0.2, -0.15) is 0 Å². The molecular formula is C15H20O. The van der Waals surface area contributed by atoms with Crippen LogP contribution in [0.3, 0.4) is 0 Å². The van der Waals surface area contributed by atoms with Gasteiger partial charge >= 0.3 is 0 Å². The third-order valence-electron chi connectivity index (χ3n) is 3.45. The fourth-order valence-corrected chi connectivity index (χ4v) is 2.51. The number of benzene rings is 1. The van der Waals surface area contributed by atoms with E-state index in [2.05, 4.69) is 18.2 Å². The minimum atomic E-state index is 0.692. The number of aldehydes is 1. The molecular weight excluding hydrogens is 196 g/mol. The fourth-order valence-electron chi connectivity index (χ4n) is 2.51. The molecule has 86 valence electrons. The van der Waals surface area contributed by atoms with Crippen LogP contribution in [-0.4, -0.2) is 6.29 Å². The van der Waals surface area contributed by atoms with Gasteiger partial charge in [-0.05, 0) is 55.2 Å². The summed E-state index contributed by atoms with van der Waals surface area (Å²) in [5, 5.41) is 0. The van der Waals surface area contributed by atoms with E-state index in [4.69, 9.17) is 0 Å². The molecule has 0 heterocycles. The van der Waals surface area contributed by atoms with Gasteiger partial charge in [0.15, 0.2) is 0 Å². The lowest BCUT2D eigenvalue weighted by Gasteiger charge is -2.08. The predicted octanol–water partition coefficient (Wildman–Crippen LogP) is 3.48. The quantitative estimate of drug-likeness (QED) is 0.428. The SMILES string of the molecule is O=CCCCc1ccc2c(c1)CCCCC2. The average Bonchev–Trinajstić information content (AvgIpc) is 2.54. The fraction of sp³-hybridized carbons (Fsp3) is 0.533. The zero-order valence-electron chi connectivity index (χ0n) is 9.87. The largest absolute Gasteiger partial charge is 0.303 e. The van der Waals surface area contributed by atoms with Gasteiger partial charge in [-0.1, -0.05) is 24.6 Å². The lowest BCUT2D eigenvalue weighted by Crippen LogP contribution is -1.94. The Labute approximate surface area is 97.9 Å². The van der Waals surface area contributed by atoms with Gasteiger partial charge in [-0.25, -0.2) is 0 Å². The summed E-state index contributed by atoms with van der Waals surface area (Å²) < 4.78 is 0. The maximum atomic E-state index is 10.3. The molecule has 0 unspecified atom stereocenters. The van der Waals surface area contributed by atoms with E-state index >= 15 is 0 Å². The van der Waals surface area contributed by atoms with Crippen molar-refractivity contribution in [2.24, 2.45) is 0 Å². The Hall–Kier alpha value is -1.11. The van der Waals surface area contributed by atoms with Crippen LogP contribution in [0.1, 0.15) is 48.8 Å². The zero-order valence-corrected chi connectivity index (χ0v) is 9.87. The Morgan fingerprint density at radius 3 is 2.69 bits per heavy atom. The summed E-state index contributed by atoms with van der Waals surface area (Å²) in [4.78, 5) is 10.3. The van der Waals surface area contributed by atoms with E-state index in [9.17, 15) is 4.79 Å². The normalized spacial score (nSPS) is 15.2. The van der Waals surface area contributed by atoms with Crippen molar-refractivity contribution in [2.45, 2.75) is 51.4 Å². The number of unbranched alkanes of at least 4 members (excludes halogenated alkanes) is 1. The molecule has 2 rings (SSSR count). The van der Waals surface area contributed by atoms with Crippen LogP contribution in [0.15, 0.2) is 18.2 Å². The Morgan fingerprint density at radius 1 is 1.06 bits per heavy atom. The van der Waals surface area contributed by atoms with Gasteiger partial charge in [0, 0.05) is 6.42 Å². The Balaban J connectivity index is 2.05. The molecule has 0 N–H and O–H groups in total. The maximum absolute atomic E-state index is 10.3. The summed E-state index contributed by atoms with van der Waals surface area (Å²) in [5.41, 5.74) is 4.51. The molecule has 0 saturated heterocycles. The Kier molecular flexibility index (Phi) is 4.15. The topological polar surface area (TPSA) is 17.1 Å². The van der Waals surface area contributed by atoms with E-state index < -0.39 is 0 Å². The summed E-state index contributed by atoms with van der Waals surface area (Å²) >= 11 is 0. The van der Waals surface area contributed by atoms with Crippen molar-refractivity contribution in [2.75, 3.05) is 0 Å². The van der Waals surface area contributed by atoms with Crippen molar-refractivity contribution in [1.82, 2.24) is 0 Å². The second kappa shape index (κ2) is 5.83. The summed E-state index contributed by atoms with van der Waals surface area (Å²) in [6.45, 7) is 0. The van der Waals surface area contributed by atoms with E-state index in [1.165, 1.54) is 37.7 Å². The molecule has 0 radical (unpaired) electrons. The molecule has 1 aromatic rings. The maximum Gasteiger partial charge on any atom is 0.120 e. The number of fused-ring (bicyclic) bond motifs is 1. The minimum absolute atomic E-state index is 0.692. The van der Waals surface area contributed by atoms with Crippen molar-refractivity contribution >= 4 is 6.29 Å². The molecule has 0 spiro atoms. The van der Waals surface area contributed by atoms with Crippen molar-refractivity contribution in [3.63, 3.8) is 0 Å². The lowest BCUT2D eigenvalue weighted by atomic mass is 9.98. The highest BCUT2D eigenvalue weighted by molar-refractivity contribution is 5.49. The molecule has 0 amide bonds. The van der Waals surface area contributed by atoms with E-state index in [-0.39, 0.29) is 0 Å². The molecule has 16 heavy (non-hydrogen) atoms. The summed E-state index contributed by atoms with van der Waals surface area (Å²) in [5.74, 6) is 0. The Morgan fingerprint density at radius 2 is 1.88 bits per heavy atom. The highest BCUT2D eigenvalue weighted by Gasteiger charge is 2.08. The highest BCUT2D eigenvalue weighted by atomic mass is 16.1. The first-order valence-corrected chi connectivity index (χ1v) is 6.44. The van der Waals surface area contributed by atoms with Crippen molar-refractivity contribution in [3.8, 4) is 0 Å². The first-order chi connectivity index (χ1) is 7.90. The minimum Gasteiger partial charge on any atom is -0.303 e. The van der Waals surface area contributed by atoms with Crippen molar-refractivity contribution in [3.05, 3.63) is 34.9 Å². The second-order valence-electron chi connectivity index (χ2n) is 4.72. The van der Waals surface area contributed by atoms with Crippen LogP contribution in [0.5, 0.6) is 0 Å². The Bertz CT molecular complexity index is 354. The number of aryl methyl sites for hydroxylation is 3. The first kappa shape index (κ1) is 11.4. The molecule has 1 aliphatic rings. The molecule has 1 aliphatic carbocycles. The first-order valence-electron chi connectivity index (χ1n) is 6.44. The van der Waals surface area contributed by atoms with Crippen LogP contribution in [-0.2, 0) is 24.1 Å². The summed E-state index contributed by atoms with van der Waals surface area (Å²) in [6.07, 6.45) is 10.3. The molecule has 0 fully saturated rings. The lowest BCUT2D eigenvalue weighted by molar-refractivity contribution is -0.107. The molecule has 1 aromatic carbocycles. The second-order valence-corrected chi connectivity index (χ2v) is 4.72. The van der Waals surface area contributed by atoms with Crippen LogP contribution >= 0.6 is 0 Å². The summed E-state index contributed by atoms with van der Waals surface area (Å²) in [7, 11) is 0. The van der Waals surface area contributed by atoms with Crippen LogP contribution < -0.4 is 0 Å². The van der Waals surface area contributed by atoms with E-state index in [1.54, 1.807) is 11.1 Å². The predicted molar refractivity (Wildman–Crippen MR) is 66.7 cm³/mol. The van der Waals surface area contributed by atoms with Gasteiger partial charge in [-0.3, -0.25) is 0 Å². The monoisotopic (exact) mass is 216 g/mol. The van der Waals surface area contributed by atoms with Gasteiger partial charge < -0.3 is 4.79 Å². The number of carbonyl (C=O) groups excluding carboxylic acids is 1. The number of rotatable bonds is 4. The number of carbonyl (C=O) groups is 1. The molecule has 1 heteroatoms. The molecule has 0 atom stereocenters. The van der Waals surface area contributed by atoms with E-state index in [1.807, 2.05) is 0 Å². The third kappa shape index (κ3) is 2.94. The van der Waals surface area contributed by atoms with Gasteiger partial charge in [-0.15, -0.1) is 0 Å². The average molecular weight is 216 g/mol. The molecule has 0 bridgehead atoms. The van der Waals surface area contributed by atoms with E-state index in [0.29, 0.717) is 6.42 Å². The van der Waals surface area contributed by atoms with Crippen molar-refractivity contribution < 1.29 is 4.79 Å². The summed E-state index contributed by atoms with van der Waals surface area (Å²) in [6, 6.07) is 6.91. The highest BCUT2D eigenvalue weighted by Crippen LogP contribution is 2.22. The van der Waals surface area contributed by atoms with Gasteiger partial charge in [0.05, 0.1) is 0 Å². The molecule has 0 aliphatic heterocycles. The molecule has 1 nitrogen and oxygen atoms in total. The third-order valence-corrected chi connectivity index (χ3v) is 3.45. The zero-order chi connectivity index (χ0) is 11.2.